The van der Waals surface area contributed by atoms with Crippen LogP contribution in [-0.4, -0.2) is 6.79 Å². The van der Waals surface area contributed by atoms with Crippen LogP contribution in [0.4, 0.5) is 0 Å². The minimum absolute atomic E-state index is 0.233. The molecular formula is C8H4BrNO2. The van der Waals surface area contributed by atoms with E-state index in [9.17, 15) is 0 Å². The Labute approximate surface area is 77.6 Å². The lowest BCUT2D eigenvalue weighted by molar-refractivity contribution is 0.174. The van der Waals surface area contributed by atoms with E-state index in [4.69, 9.17) is 14.7 Å². The Bertz CT molecular complexity index is 369. The Morgan fingerprint density at radius 1 is 1.33 bits per heavy atom. The predicted octanol–water partition coefficient (Wildman–Crippen LogP) is 2.05. The summed E-state index contributed by atoms with van der Waals surface area (Å²) in [6.07, 6.45) is 0. The molecular weight excluding hydrogens is 222 g/mol. The molecule has 1 aromatic carbocycles. The normalized spacial score (nSPS) is 12.7. The Morgan fingerprint density at radius 2 is 2.00 bits per heavy atom. The molecule has 0 N–H and O–H groups in total. The molecule has 12 heavy (non-hydrogen) atoms. The van der Waals surface area contributed by atoms with Gasteiger partial charge in [-0.25, -0.2) is 0 Å². The van der Waals surface area contributed by atoms with Gasteiger partial charge in [0.2, 0.25) is 6.79 Å². The number of rotatable bonds is 0. The summed E-state index contributed by atoms with van der Waals surface area (Å²) in [6, 6.07) is 5.44. The molecule has 0 fully saturated rings. The highest BCUT2D eigenvalue weighted by Crippen LogP contribution is 2.36. The second kappa shape index (κ2) is 2.68. The van der Waals surface area contributed by atoms with Crippen LogP contribution >= 0.6 is 15.9 Å². The third kappa shape index (κ3) is 1.03. The van der Waals surface area contributed by atoms with Gasteiger partial charge in [-0.05, 0) is 22.0 Å². The predicted molar refractivity (Wildman–Crippen MR) is 45.0 cm³/mol. The van der Waals surface area contributed by atoms with Crippen LogP contribution in [0.15, 0.2) is 16.6 Å². The van der Waals surface area contributed by atoms with Crippen molar-refractivity contribution in [2.24, 2.45) is 0 Å². The number of hydrogen-bond acceptors (Lipinski definition) is 3. The van der Waals surface area contributed by atoms with Crippen molar-refractivity contribution >= 4 is 15.9 Å². The Balaban J connectivity index is 2.59. The van der Waals surface area contributed by atoms with Crippen LogP contribution in [0.2, 0.25) is 0 Å². The first kappa shape index (κ1) is 7.44. The van der Waals surface area contributed by atoms with Gasteiger partial charge in [-0.15, -0.1) is 0 Å². The van der Waals surface area contributed by atoms with Crippen LogP contribution in [0, 0.1) is 11.3 Å². The second-order valence-corrected chi connectivity index (χ2v) is 3.15. The molecule has 0 unspecified atom stereocenters. The highest BCUT2D eigenvalue weighted by atomic mass is 79.9. The van der Waals surface area contributed by atoms with Crippen molar-refractivity contribution in [2.45, 2.75) is 0 Å². The van der Waals surface area contributed by atoms with E-state index in [2.05, 4.69) is 15.9 Å². The van der Waals surface area contributed by atoms with Gasteiger partial charge in [0.15, 0.2) is 11.5 Å². The first-order chi connectivity index (χ1) is 5.81. The van der Waals surface area contributed by atoms with Crippen molar-refractivity contribution in [1.82, 2.24) is 0 Å². The molecule has 60 valence electrons. The van der Waals surface area contributed by atoms with E-state index < -0.39 is 0 Å². The largest absolute Gasteiger partial charge is 0.454 e. The molecule has 4 heteroatoms. The molecule has 0 saturated heterocycles. The fourth-order valence-corrected chi connectivity index (χ4v) is 1.41. The number of halogens is 1. The first-order valence-corrected chi connectivity index (χ1v) is 4.10. The van der Waals surface area contributed by atoms with Crippen LogP contribution in [0.25, 0.3) is 0 Å². The lowest BCUT2D eigenvalue weighted by atomic mass is 10.2. The van der Waals surface area contributed by atoms with E-state index in [1.807, 2.05) is 6.07 Å². The first-order valence-electron chi connectivity index (χ1n) is 3.30. The number of nitriles is 1. The molecule has 3 nitrogen and oxygen atoms in total. The molecule has 1 aliphatic rings. The molecule has 0 spiro atoms. The summed E-state index contributed by atoms with van der Waals surface area (Å²) in [5, 5.41) is 8.67. The fourth-order valence-electron chi connectivity index (χ4n) is 1.00. The van der Waals surface area contributed by atoms with Gasteiger partial charge in [-0.3, -0.25) is 0 Å². The standard InChI is InChI=1S/C8H4BrNO2/c9-6-2-8-7(11-4-12-8)1-5(6)3-10/h1-2H,4H2. The van der Waals surface area contributed by atoms with E-state index in [0.717, 1.165) is 4.47 Å². The van der Waals surface area contributed by atoms with Gasteiger partial charge in [-0.1, -0.05) is 0 Å². The second-order valence-electron chi connectivity index (χ2n) is 2.30. The van der Waals surface area contributed by atoms with Gasteiger partial charge in [0, 0.05) is 10.5 Å². The van der Waals surface area contributed by atoms with E-state index in [1.54, 1.807) is 12.1 Å². The monoisotopic (exact) mass is 225 g/mol. The average Bonchev–Trinajstić information content (AvgIpc) is 2.49. The van der Waals surface area contributed by atoms with Crippen molar-refractivity contribution in [3.63, 3.8) is 0 Å². The summed E-state index contributed by atoms with van der Waals surface area (Å²) in [5.41, 5.74) is 0.555. The maximum Gasteiger partial charge on any atom is 0.231 e. The number of benzene rings is 1. The molecule has 0 bridgehead atoms. The van der Waals surface area contributed by atoms with Gasteiger partial charge < -0.3 is 9.47 Å². The molecule has 0 aliphatic carbocycles. The minimum Gasteiger partial charge on any atom is -0.454 e. The summed E-state index contributed by atoms with van der Waals surface area (Å²) < 4.78 is 10.9. The summed E-state index contributed by atoms with van der Waals surface area (Å²) in [4.78, 5) is 0. The molecule has 1 aromatic rings. The molecule has 0 atom stereocenters. The lowest BCUT2D eigenvalue weighted by Crippen LogP contribution is -1.92. The molecule has 0 aromatic heterocycles. The summed E-state index contributed by atoms with van der Waals surface area (Å²) in [6.45, 7) is 0.233. The summed E-state index contributed by atoms with van der Waals surface area (Å²) in [5.74, 6) is 1.32. The maximum absolute atomic E-state index is 8.67. The molecule has 0 amide bonds. The number of ether oxygens (including phenoxy) is 2. The van der Waals surface area contributed by atoms with Crippen molar-refractivity contribution in [3.8, 4) is 17.6 Å². The lowest BCUT2D eigenvalue weighted by Gasteiger charge is -1.97. The van der Waals surface area contributed by atoms with Gasteiger partial charge in [0.25, 0.3) is 0 Å². The minimum atomic E-state index is 0.233. The van der Waals surface area contributed by atoms with Crippen molar-refractivity contribution in [1.29, 1.82) is 5.26 Å². The van der Waals surface area contributed by atoms with Crippen LogP contribution in [0.1, 0.15) is 5.56 Å². The van der Waals surface area contributed by atoms with E-state index >= 15 is 0 Å². The summed E-state index contributed by atoms with van der Waals surface area (Å²) >= 11 is 3.25. The van der Waals surface area contributed by atoms with Crippen LogP contribution in [0.3, 0.4) is 0 Å². The van der Waals surface area contributed by atoms with E-state index in [1.165, 1.54) is 0 Å². The van der Waals surface area contributed by atoms with Crippen LogP contribution in [0.5, 0.6) is 11.5 Å². The fraction of sp³-hybridized carbons (Fsp3) is 0.125. The van der Waals surface area contributed by atoms with Gasteiger partial charge in [-0.2, -0.15) is 5.26 Å². The van der Waals surface area contributed by atoms with Crippen molar-refractivity contribution in [3.05, 3.63) is 22.2 Å². The maximum atomic E-state index is 8.67. The summed E-state index contributed by atoms with van der Waals surface area (Å²) in [7, 11) is 0. The third-order valence-corrected chi connectivity index (χ3v) is 2.24. The molecule has 1 aliphatic heterocycles. The zero-order valence-corrected chi connectivity index (χ0v) is 7.59. The number of nitrogens with zero attached hydrogens (tertiary/aromatic N) is 1. The Morgan fingerprint density at radius 3 is 2.67 bits per heavy atom. The van der Waals surface area contributed by atoms with Gasteiger partial charge >= 0.3 is 0 Å². The van der Waals surface area contributed by atoms with Crippen molar-refractivity contribution in [2.75, 3.05) is 6.79 Å². The van der Waals surface area contributed by atoms with Gasteiger partial charge in [0.05, 0.1) is 5.56 Å². The number of hydrogen-bond donors (Lipinski definition) is 0. The molecule has 0 saturated carbocycles. The highest BCUT2D eigenvalue weighted by molar-refractivity contribution is 9.10. The smallest absolute Gasteiger partial charge is 0.231 e. The Kier molecular flexibility index (Phi) is 1.66. The average molecular weight is 226 g/mol. The van der Waals surface area contributed by atoms with E-state index in [-0.39, 0.29) is 6.79 Å². The third-order valence-electron chi connectivity index (χ3n) is 1.58. The Hall–Kier alpha value is -1.21. The quantitative estimate of drug-likeness (QED) is 0.679. The zero-order chi connectivity index (χ0) is 8.55. The topological polar surface area (TPSA) is 42.2 Å². The van der Waals surface area contributed by atoms with Crippen molar-refractivity contribution < 1.29 is 9.47 Å². The molecule has 0 radical (unpaired) electrons. The number of fused-ring (bicyclic) bond motifs is 1. The SMILES string of the molecule is N#Cc1cc2c(cc1Br)OCO2. The zero-order valence-electron chi connectivity index (χ0n) is 6.00. The highest BCUT2D eigenvalue weighted by Gasteiger charge is 2.15. The van der Waals surface area contributed by atoms with Gasteiger partial charge in [0.1, 0.15) is 6.07 Å². The molecule has 1 heterocycles. The molecule has 2 rings (SSSR count). The van der Waals surface area contributed by atoms with Crippen LogP contribution < -0.4 is 9.47 Å². The van der Waals surface area contributed by atoms with E-state index in [0.29, 0.717) is 17.1 Å². The van der Waals surface area contributed by atoms with Crippen LogP contribution in [-0.2, 0) is 0 Å².